The highest BCUT2D eigenvalue weighted by atomic mass is 28.3. The van der Waals surface area contributed by atoms with Gasteiger partial charge in [-0.2, -0.15) is 0 Å². The van der Waals surface area contributed by atoms with Gasteiger partial charge in [0.15, 0.2) is 0 Å². The summed E-state index contributed by atoms with van der Waals surface area (Å²) in [7, 11) is -1.64. The summed E-state index contributed by atoms with van der Waals surface area (Å²) in [6, 6.07) is 1.51. The van der Waals surface area contributed by atoms with E-state index in [9.17, 15) is 4.79 Å². The number of aromatic carboxylic acids is 1. The molecule has 1 N–H and O–H groups in total. The summed E-state index contributed by atoms with van der Waals surface area (Å²) in [6.07, 6.45) is 1.44. The highest BCUT2D eigenvalue weighted by Gasteiger charge is 2.26. The fourth-order valence-corrected chi connectivity index (χ4v) is 2.48. The first-order valence-corrected chi connectivity index (χ1v) is 7.24. The molecule has 0 aliphatic carbocycles. The van der Waals surface area contributed by atoms with Gasteiger partial charge in [0.2, 0.25) is 0 Å². The molecule has 4 heteroatoms. The predicted molar refractivity (Wildman–Crippen MR) is 48.6 cm³/mol. The average Bonchev–Trinajstić information content (AvgIpc) is 2.30. The zero-order chi connectivity index (χ0) is 9.35. The van der Waals surface area contributed by atoms with E-state index < -0.39 is 14.0 Å². The van der Waals surface area contributed by atoms with Crippen molar-refractivity contribution < 1.29 is 14.3 Å². The smallest absolute Gasteiger partial charge is 0.338 e. The topological polar surface area (TPSA) is 50.4 Å². The van der Waals surface area contributed by atoms with Crippen LogP contribution in [0, 0.1) is 0 Å². The third kappa shape index (κ3) is 1.58. The molecule has 0 radical (unpaired) electrons. The van der Waals surface area contributed by atoms with Gasteiger partial charge < -0.3 is 9.52 Å². The summed E-state index contributed by atoms with van der Waals surface area (Å²) >= 11 is 0. The van der Waals surface area contributed by atoms with E-state index in [1.165, 1.54) is 12.3 Å². The van der Waals surface area contributed by atoms with Crippen molar-refractivity contribution in [3.05, 3.63) is 17.9 Å². The maximum atomic E-state index is 10.7. The molecule has 0 bridgehead atoms. The standard InChI is InChI=1S/C8H12O3Si/c1-12(2,3)8-6(7(9)10)4-5-11-8/h4-5H,1-3H3,(H,9,10). The number of carboxylic acid groups (broad SMARTS) is 1. The summed E-state index contributed by atoms with van der Waals surface area (Å²) < 4.78 is 5.17. The Kier molecular flexibility index (Phi) is 2.10. The van der Waals surface area contributed by atoms with Crippen LogP contribution in [-0.2, 0) is 0 Å². The maximum absolute atomic E-state index is 10.7. The SMILES string of the molecule is C[Si](C)(C)c1occc1C(=O)O. The monoisotopic (exact) mass is 184 g/mol. The second kappa shape index (κ2) is 2.78. The van der Waals surface area contributed by atoms with Crippen molar-refractivity contribution in [1.29, 1.82) is 0 Å². The normalized spacial score (nSPS) is 11.6. The van der Waals surface area contributed by atoms with E-state index in [1.807, 2.05) is 0 Å². The summed E-state index contributed by atoms with van der Waals surface area (Å²) in [5.74, 6) is -0.902. The highest BCUT2D eigenvalue weighted by molar-refractivity contribution is 6.88. The molecule has 1 rings (SSSR count). The van der Waals surface area contributed by atoms with Crippen LogP contribution >= 0.6 is 0 Å². The number of hydrogen-bond acceptors (Lipinski definition) is 2. The summed E-state index contributed by atoms with van der Waals surface area (Å²) in [6.45, 7) is 6.16. The van der Waals surface area contributed by atoms with Crippen LogP contribution in [0.25, 0.3) is 0 Å². The average molecular weight is 184 g/mol. The molecule has 0 spiro atoms. The number of hydrogen-bond donors (Lipinski definition) is 1. The van der Waals surface area contributed by atoms with Gasteiger partial charge >= 0.3 is 5.97 Å². The molecule has 1 aromatic rings. The van der Waals surface area contributed by atoms with E-state index in [-0.39, 0.29) is 0 Å². The van der Waals surface area contributed by atoms with Crippen molar-refractivity contribution in [2.45, 2.75) is 19.6 Å². The van der Waals surface area contributed by atoms with Crippen LogP contribution in [0.5, 0.6) is 0 Å². The third-order valence-corrected chi connectivity index (χ3v) is 3.33. The van der Waals surface area contributed by atoms with E-state index in [2.05, 4.69) is 19.6 Å². The Bertz CT molecular complexity index is 295. The zero-order valence-electron chi connectivity index (χ0n) is 7.42. The van der Waals surface area contributed by atoms with Gasteiger partial charge in [0, 0.05) is 0 Å². The van der Waals surface area contributed by atoms with Gasteiger partial charge in [-0.1, -0.05) is 19.6 Å². The molecule has 1 aromatic heterocycles. The molecule has 0 saturated heterocycles. The molecule has 0 amide bonds. The fourth-order valence-electron chi connectivity index (χ4n) is 1.06. The van der Waals surface area contributed by atoms with Crippen LogP contribution in [0.4, 0.5) is 0 Å². The maximum Gasteiger partial charge on any atom is 0.338 e. The van der Waals surface area contributed by atoms with Gasteiger partial charge in [-0.3, -0.25) is 0 Å². The van der Waals surface area contributed by atoms with Crippen molar-refractivity contribution in [2.24, 2.45) is 0 Å². The molecule has 0 atom stereocenters. The molecule has 0 aliphatic rings. The summed E-state index contributed by atoms with van der Waals surface area (Å²) in [5.41, 5.74) is 0.314. The minimum Gasteiger partial charge on any atom is -0.478 e. The fraction of sp³-hybridized carbons (Fsp3) is 0.375. The summed E-state index contributed by atoms with van der Waals surface area (Å²) in [4.78, 5) is 10.7. The van der Waals surface area contributed by atoms with Crippen molar-refractivity contribution >= 4 is 19.4 Å². The molecule has 66 valence electrons. The molecule has 12 heavy (non-hydrogen) atoms. The van der Waals surface area contributed by atoms with Gasteiger partial charge in [0.25, 0.3) is 0 Å². The number of furan rings is 1. The molecular formula is C8H12O3Si. The minimum absolute atomic E-state index is 0.314. The highest BCUT2D eigenvalue weighted by Crippen LogP contribution is 2.07. The van der Waals surface area contributed by atoms with Gasteiger partial charge in [-0.25, -0.2) is 4.79 Å². The van der Waals surface area contributed by atoms with E-state index in [4.69, 9.17) is 9.52 Å². The van der Waals surface area contributed by atoms with E-state index >= 15 is 0 Å². The predicted octanol–water partition coefficient (Wildman–Crippen LogP) is 1.52. The Hall–Kier alpha value is -1.03. The molecule has 0 aromatic carbocycles. The van der Waals surface area contributed by atoms with Crippen molar-refractivity contribution in [3.8, 4) is 0 Å². The molecular weight excluding hydrogens is 172 g/mol. The van der Waals surface area contributed by atoms with E-state index in [1.54, 1.807) is 0 Å². The summed E-state index contributed by atoms with van der Waals surface area (Å²) in [5, 5.41) is 9.44. The Labute approximate surface area is 72.0 Å². The Balaban J connectivity index is 3.17. The molecule has 0 fully saturated rings. The van der Waals surface area contributed by atoms with Gasteiger partial charge in [-0.15, -0.1) is 0 Å². The molecule has 0 aliphatic heterocycles. The molecule has 3 nitrogen and oxygen atoms in total. The van der Waals surface area contributed by atoms with Crippen molar-refractivity contribution in [2.75, 3.05) is 0 Å². The first-order valence-electron chi connectivity index (χ1n) is 3.74. The lowest BCUT2D eigenvalue weighted by molar-refractivity contribution is 0.0698. The largest absolute Gasteiger partial charge is 0.478 e. The number of carbonyl (C=O) groups is 1. The van der Waals surface area contributed by atoms with Crippen LogP contribution in [0.1, 0.15) is 10.4 Å². The van der Waals surface area contributed by atoms with E-state index in [0.717, 1.165) is 0 Å². The number of rotatable bonds is 2. The first kappa shape index (κ1) is 9.06. The third-order valence-electron chi connectivity index (χ3n) is 1.58. The van der Waals surface area contributed by atoms with Crippen molar-refractivity contribution in [1.82, 2.24) is 0 Å². The van der Waals surface area contributed by atoms with Gasteiger partial charge in [-0.05, 0) is 6.07 Å². The Morgan fingerprint density at radius 2 is 2.08 bits per heavy atom. The lowest BCUT2D eigenvalue weighted by atomic mass is 10.3. The second-order valence-corrected chi connectivity index (χ2v) is 8.67. The second-order valence-electron chi connectivity index (χ2n) is 3.72. The van der Waals surface area contributed by atoms with Crippen LogP contribution in [-0.4, -0.2) is 19.1 Å². The lowest BCUT2D eigenvalue weighted by Crippen LogP contribution is -2.39. The molecule has 0 saturated carbocycles. The van der Waals surface area contributed by atoms with Gasteiger partial charge in [0.1, 0.15) is 8.07 Å². The van der Waals surface area contributed by atoms with Crippen molar-refractivity contribution in [3.63, 3.8) is 0 Å². The minimum atomic E-state index is -1.64. The van der Waals surface area contributed by atoms with Crippen LogP contribution in [0.15, 0.2) is 16.7 Å². The zero-order valence-corrected chi connectivity index (χ0v) is 8.42. The van der Waals surface area contributed by atoms with Crippen LogP contribution in [0.2, 0.25) is 19.6 Å². The van der Waals surface area contributed by atoms with Crippen LogP contribution in [0.3, 0.4) is 0 Å². The number of carboxylic acids is 1. The first-order chi connectivity index (χ1) is 5.43. The Morgan fingerprint density at radius 1 is 1.50 bits per heavy atom. The van der Waals surface area contributed by atoms with Crippen LogP contribution < -0.4 is 5.38 Å². The Morgan fingerprint density at radius 3 is 2.42 bits per heavy atom. The lowest BCUT2D eigenvalue weighted by Gasteiger charge is -2.12. The van der Waals surface area contributed by atoms with Gasteiger partial charge in [0.05, 0.1) is 17.2 Å². The molecule has 0 unspecified atom stereocenters. The van der Waals surface area contributed by atoms with E-state index in [0.29, 0.717) is 10.9 Å². The quantitative estimate of drug-likeness (QED) is 0.709. The molecule has 1 heterocycles.